The van der Waals surface area contributed by atoms with Crippen molar-refractivity contribution in [3.63, 3.8) is 0 Å². The summed E-state index contributed by atoms with van der Waals surface area (Å²) in [6.45, 7) is 2.61. The van der Waals surface area contributed by atoms with Crippen molar-refractivity contribution < 1.29 is 14.3 Å². The molecule has 10 heteroatoms. The van der Waals surface area contributed by atoms with Gasteiger partial charge < -0.3 is 10.5 Å². The Morgan fingerprint density at radius 3 is 2.96 bits per heavy atom. The number of urea groups is 1. The number of hydrogen-bond donors (Lipinski definition) is 2. The highest BCUT2D eigenvalue weighted by Crippen LogP contribution is 2.25. The highest BCUT2D eigenvalue weighted by atomic mass is 35.5. The van der Waals surface area contributed by atoms with Crippen LogP contribution in [0.25, 0.3) is 10.9 Å². The molecule has 8 nitrogen and oxygen atoms in total. The minimum absolute atomic E-state index is 0.0802. The van der Waals surface area contributed by atoms with Crippen molar-refractivity contribution in [2.75, 3.05) is 6.61 Å². The number of halogens is 1. The number of fused-ring (bicyclic) bond motifs is 1. The van der Waals surface area contributed by atoms with Crippen molar-refractivity contribution in [1.29, 1.82) is 0 Å². The predicted octanol–water partition coefficient (Wildman–Crippen LogP) is 1.90. The lowest BCUT2D eigenvalue weighted by Gasteiger charge is -2.18. The number of nitrogens with two attached hydrogens (primary N) is 1. The summed E-state index contributed by atoms with van der Waals surface area (Å²) in [5.74, 6) is -0.559. The van der Waals surface area contributed by atoms with E-state index < -0.39 is 17.2 Å². The van der Waals surface area contributed by atoms with Crippen LogP contribution >= 0.6 is 23.4 Å². The lowest BCUT2D eigenvalue weighted by Crippen LogP contribution is -2.39. The van der Waals surface area contributed by atoms with Crippen LogP contribution in [0.2, 0.25) is 5.02 Å². The van der Waals surface area contributed by atoms with E-state index in [0.717, 1.165) is 24.6 Å². The molecule has 2 aromatic rings. The number of aromatic nitrogens is 2. The molecule has 1 aliphatic rings. The van der Waals surface area contributed by atoms with E-state index in [0.29, 0.717) is 34.2 Å². The maximum absolute atomic E-state index is 13.0. The third-order valence-corrected chi connectivity index (χ3v) is 5.52. The summed E-state index contributed by atoms with van der Waals surface area (Å²) >= 11 is 7.09. The fourth-order valence-electron chi connectivity index (χ4n) is 2.85. The van der Waals surface area contributed by atoms with Gasteiger partial charge >= 0.3 is 6.03 Å². The summed E-state index contributed by atoms with van der Waals surface area (Å²) in [5, 5.41) is 2.61. The van der Waals surface area contributed by atoms with Crippen LogP contribution < -0.4 is 16.6 Å². The third kappa shape index (κ3) is 4.60. The monoisotopic (exact) mass is 410 g/mol. The molecule has 144 valence electrons. The Hall–Kier alpha value is -2.10. The minimum Gasteiger partial charge on any atom is -0.376 e. The molecule has 27 heavy (non-hydrogen) atoms. The standard InChI is InChI=1S/C17H19ClN4O4S/c1-9(14(23)21-16(19)25)27-17-20-13-7-10(18)4-5-12(13)15(24)22(17)8-11-3-2-6-26-11/h4-5,7,9,11H,2-3,6,8H2,1H3,(H3,19,21,23,25)/t9-,11+/m1/s1. The molecule has 2 heterocycles. The van der Waals surface area contributed by atoms with Crippen molar-refractivity contribution in [2.24, 2.45) is 5.73 Å². The van der Waals surface area contributed by atoms with Crippen LogP contribution in [0.5, 0.6) is 0 Å². The van der Waals surface area contributed by atoms with Gasteiger partial charge in [0.05, 0.1) is 28.8 Å². The molecule has 1 fully saturated rings. The molecule has 1 aromatic carbocycles. The van der Waals surface area contributed by atoms with E-state index in [1.54, 1.807) is 25.1 Å². The van der Waals surface area contributed by atoms with Gasteiger partial charge in [0.25, 0.3) is 5.56 Å². The molecule has 1 aromatic heterocycles. The average Bonchev–Trinajstić information content (AvgIpc) is 3.10. The van der Waals surface area contributed by atoms with E-state index in [-0.39, 0.29) is 11.7 Å². The van der Waals surface area contributed by atoms with Gasteiger partial charge in [0.1, 0.15) is 0 Å². The number of nitrogens with one attached hydrogen (secondary N) is 1. The maximum atomic E-state index is 13.0. The van der Waals surface area contributed by atoms with Crippen LogP contribution in [0.15, 0.2) is 28.2 Å². The Morgan fingerprint density at radius 2 is 2.30 bits per heavy atom. The van der Waals surface area contributed by atoms with Crippen molar-refractivity contribution in [2.45, 2.75) is 42.8 Å². The fraction of sp³-hybridized carbons (Fsp3) is 0.412. The van der Waals surface area contributed by atoms with Crippen LogP contribution in [0.4, 0.5) is 4.79 Å². The number of thioether (sulfide) groups is 1. The van der Waals surface area contributed by atoms with Crippen molar-refractivity contribution in [3.05, 3.63) is 33.6 Å². The van der Waals surface area contributed by atoms with Crippen LogP contribution in [-0.2, 0) is 16.1 Å². The summed E-state index contributed by atoms with van der Waals surface area (Å²) < 4.78 is 7.16. The van der Waals surface area contributed by atoms with Gasteiger partial charge in [-0.2, -0.15) is 0 Å². The maximum Gasteiger partial charge on any atom is 0.318 e. The molecular formula is C17H19ClN4O4S. The number of carbonyl (C=O) groups is 2. The smallest absolute Gasteiger partial charge is 0.318 e. The van der Waals surface area contributed by atoms with Gasteiger partial charge in [-0.3, -0.25) is 19.5 Å². The number of rotatable bonds is 5. The molecule has 0 saturated carbocycles. The Bertz CT molecular complexity index is 942. The molecule has 0 spiro atoms. The van der Waals surface area contributed by atoms with Crippen LogP contribution in [0.3, 0.4) is 0 Å². The molecule has 1 aliphatic heterocycles. The average molecular weight is 411 g/mol. The topological polar surface area (TPSA) is 116 Å². The molecular weight excluding hydrogens is 392 g/mol. The van der Waals surface area contributed by atoms with Gasteiger partial charge in [-0.05, 0) is 38.0 Å². The van der Waals surface area contributed by atoms with Gasteiger partial charge in [0.15, 0.2) is 5.16 Å². The first-order valence-electron chi connectivity index (χ1n) is 8.44. The fourth-order valence-corrected chi connectivity index (χ4v) is 3.94. The van der Waals surface area contributed by atoms with Gasteiger partial charge in [-0.1, -0.05) is 23.4 Å². The van der Waals surface area contributed by atoms with E-state index >= 15 is 0 Å². The number of imide groups is 1. The first-order valence-corrected chi connectivity index (χ1v) is 9.69. The summed E-state index contributed by atoms with van der Waals surface area (Å²) in [6.07, 6.45) is 1.71. The Labute approximate surface area is 164 Å². The van der Waals surface area contributed by atoms with E-state index in [9.17, 15) is 14.4 Å². The molecule has 0 unspecified atom stereocenters. The third-order valence-electron chi connectivity index (χ3n) is 4.19. The predicted molar refractivity (Wildman–Crippen MR) is 103 cm³/mol. The second kappa shape index (κ2) is 8.28. The van der Waals surface area contributed by atoms with Gasteiger partial charge in [0, 0.05) is 11.6 Å². The van der Waals surface area contributed by atoms with Crippen molar-refractivity contribution in [3.8, 4) is 0 Å². The van der Waals surface area contributed by atoms with Gasteiger partial charge in [0.2, 0.25) is 5.91 Å². The molecule has 1 saturated heterocycles. The minimum atomic E-state index is -0.928. The largest absolute Gasteiger partial charge is 0.376 e. The Morgan fingerprint density at radius 1 is 1.52 bits per heavy atom. The number of amides is 3. The van der Waals surface area contributed by atoms with Gasteiger partial charge in [-0.15, -0.1) is 0 Å². The number of ether oxygens (including phenoxy) is 1. The number of hydrogen-bond acceptors (Lipinski definition) is 6. The first kappa shape index (κ1) is 19.7. The zero-order valence-electron chi connectivity index (χ0n) is 14.6. The number of benzene rings is 1. The molecule has 0 bridgehead atoms. The number of primary amides is 1. The molecule has 0 aliphatic carbocycles. The zero-order chi connectivity index (χ0) is 19.6. The summed E-state index contributed by atoms with van der Waals surface area (Å²) in [7, 11) is 0. The zero-order valence-corrected chi connectivity index (χ0v) is 16.2. The van der Waals surface area contributed by atoms with E-state index in [4.69, 9.17) is 22.1 Å². The normalized spacial score (nSPS) is 17.8. The van der Waals surface area contributed by atoms with Crippen molar-refractivity contribution >= 4 is 46.2 Å². The molecule has 3 amide bonds. The first-order chi connectivity index (χ1) is 12.8. The lowest BCUT2D eigenvalue weighted by atomic mass is 10.2. The van der Waals surface area contributed by atoms with E-state index in [1.165, 1.54) is 4.57 Å². The second-order valence-corrected chi connectivity index (χ2v) is 7.96. The quantitative estimate of drug-likeness (QED) is 0.574. The molecule has 0 radical (unpaired) electrons. The lowest BCUT2D eigenvalue weighted by molar-refractivity contribution is -0.119. The van der Waals surface area contributed by atoms with E-state index in [2.05, 4.69) is 4.98 Å². The van der Waals surface area contributed by atoms with Crippen LogP contribution in [-0.4, -0.2) is 39.5 Å². The molecule has 2 atom stereocenters. The Kier molecular flexibility index (Phi) is 6.03. The SMILES string of the molecule is C[C@@H](Sc1nc2cc(Cl)ccc2c(=O)n1C[C@@H]1CCCO1)C(=O)NC(N)=O. The molecule has 3 rings (SSSR count). The number of carbonyl (C=O) groups excluding carboxylic acids is 2. The summed E-state index contributed by atoms with van der Waals surface area (Å²) in [6, 6.07) is 3.95. The molecule has 3 N–H and O–H groups in total. The summed E-state index contributed by atoms with van der Waals surface area (Å²) in [4.78, 5) is 40.5. The number of nitrogens with zero attached hydrogens (tertiary/aromatic N) is 2. The highest BCUT2D eigenvalue weighted by Gasteiger charge is 2.23. The van der Waals surface area contributed by atoms with E-state index in [1.807, 2.05) is 5.32 Å². The van der Waals surface area contributed by atoms with Crippen LogP contribution in [0, 0.1) is 0 Å². The second-order valence-electron chi connectivity index (χ2n) is 6.22. The van der Waals surface area contributed by atoms with Crippen molar-refractivity contribution in [1.82, 2.24) is 14.9 Å². The highest BCUT2D eigenvalue weighted by molar-refractivity contribution is 8.00. The Balaban J connectivity index is 2.00. The summed E-state index contributed by atoms with van der Waals surface area (Å²) in [5.41, 5.74) is 5.22. The van der Waals surface area contributed by atoms with Gasteiger partial charge in [-0.25, -0.2) is 9.78 Å². The van der Waals surface area contributed by atoms with Crippen LogP contribution in [0.1, 0.15) is 19.8 Å².